The summed E-state index contributed by atoms with van der Waals surface area (Å²) in [6, 6.07) is 3.25. The lowest BCUT2D eigenvalue weighted by Crippen LogP contribution is -2.47. The lowest BCUT2D eigenvalue weighted by atomic mass is 9.98. The number of fused-ring (bicyclic) bond motifs is 2. The zero-order valence-electron chi connectivity index (χ0n) is 33.3. The van der Waals surface area contributed by atoms with Gasteiger partial charge in [-0.3, -0.25) is 14.6 Å². The van der Waals surface area contributed by atoms with E-state index in [1.54, 1.807) is 12.1 Å². The highest BCUT2D eigenvalue weighted by molar-refractivity contribution is 5.98. The Balaban J connectivity index is 1.77. The predicted molar refractivity (Wildman–Crippen MR) is 212 cm³/mol. The first kappa shape index (κ1) is 42.1. The van der Waals surface area contributed by atoms with Gasteiger partial charge in [0.05, 0.1) is 12.5 Å². The van der Waals surface area contributed by atoms with Gasteiger partial charge in [-0.2, -0.15) is 0 Å². The van der Waals surface area contributed by atoms with Crippen LogP contribution in [0.1, 0.15) is 45.7 Å². The highest BCUT2D eigenvalue weighted by atomic mass is 16.5. The Labute approximate surface area is 314 Å². The lowest BCUT2D eigenvalue weighted by Gasteiger charge is -2.33. The summed E-state index contributed by atoms with van der Waals surface area (Å²) in [6.45, 7) is 17.0. The second-order valence-electron chi connectivity index (χ2n) is 15.0. The third-order valence-corrected chi connectivity index (χ3v) is 9.65. The zero-order valence-corrected chi connectivity index (χ0v) is 33.3. The largest absolute Gasteiger partial charge is 0.507 e. The van der Waals surface area contributed by atoms with Crippen molar-refractivity contribution in [3.05, 3.63) is 56.8 Å². The van der Waals surface area contributed by atoms with Crippen LogP contribution in [0.15, 0.2) is 44.6 Å². The molecule has 0 spiro atoms. The Morgan fingerprint density at radius 3 is 2.08 bits per heavy atom. The first-order valence-electron chi connectivity index (χ1n) is 18.7. The molecule has 0 radical (unpaired) electrons. The Morgan fingerprint density at radius 1 is 0.887 bits per heavy atom. The molecule has 12 nitrogen and oxygen atoms in total. The Bertz CT molecular complexity index is 1790. The van der Waals surface area contributed by atoms with Gasteiger partial charge in [-0.1, -0.05) is 30.2 Å². The number of hydrogen-bond donors (Lipinski definition) is 3. The van der Waals surface area contributed by atoms with Gasteiger partial charge in [-0.05, 0) is 68.2 Å². The van der Waals surface area contributed by atoms with E-state index in [1.165, 1.54) is 7.11 Å². The maximum Gasteiger partial charge on any atom is 0.204 e. The number of aliphatic hydroxyl groups excluding tert-OH is 2. The third-order valence-electron chi connectivity index (χ3n) is 9.65. The number of likely N-dealkylation sites (N-methyl/N-ethyl adjacent to an activating group) is 3. The number of piperazine rings is 1. The maximum absolute atomic E-state index is 14.5. The summed E-state index contributed by atoms with van der Waals surface area (Å²) in [5, 5.41) is 34.0. The van der Waals surface area contributed by atoms with Crippen molar-refractivity contribution in [2.75, 3.05) is 100 Å². The van der Waals surface area contributed by atoms with Crippen LogP contribution < -0.4 is 19.6 Å². The number of rotatable bonds is 19. The van der Waals surface area contributed by atoms with E-state index >= 15 is 0 Å². The van der Waals surface area contributed by atoms with E-state index in [4.69, 9.17) is 18.6 Å². The molecule has 1 aliphatic rings. The summed E-state index contributed by atoms with van der Waals surface area (Å²) < 4.78 is 24.7. The SMILES string of the molecule is CCN(CCN(C)C)CC(O)COc1cc2oc3cc(OCC(O)CN4CCN(C)CC4)c(OC)c(CC=C(C)C)c3c(=O)c2c(O)c1CC=C(C)C. The zero-order chi connectivity index (χ0) is 38.8. The molecule has 0 amide bonds. The number of phenols is 1. The van der Waals surface area contributed by atoms with Crippen LogP contribution in [0.3, 0.4) is 0 Å². The molecule has 0 saturated carbocycles. The number of ether oxygens (including phenoxy) is 3. The summed E-state index contributed by atoms with van der Waals surface area (Å²) in [5.41, 5.74) is 3.08. The average Bonchev–Trinajstić information content (AvgIpc) is 3.10. The molecule has 1 fully saturated rings. The Kier molecular flexibility index (Phi) is 15.6. The molecule has 4 rings (SSSR count). The third kappa shape index (κ3) is 11.4. The van der Waals surface area contributed by atoms with Crippen LogP contribution in [0.2, 0.25) is 0 Å². The molecule has 2 aromatic carbocycles. The number of phenolic OH excluding ortho intramolecular Hbond substituents is 1. The fraction of sp³-hybridized carbons (Fsp3) is 0.585. The van der Waals surface area contributed by atoms with E-state index in [0.29, 0.717) is 54.3 Å². The van der Waals surface area contributed by atoms with Crippen LogP contribution in [0.4, 0.5) is 0 Å². The number of methoxy groups -OCH3 is 1. The van der Waals surface area contributed by atoms with E-state index in [2.05, 4.69) is 33.6 Å². The van der Waals surface area contributed by atoms with Crippen molar-refractivity contribution in [3.8, 4) is 23.0 Å². The van der Waals surface area contributed by atoms with Crippen molar-refractivity contribution < 1.29 is 33.9 Å². The number of allylic oxidation sites excluding steroid dienone is 4. The van der Waals surface area contributed by atoms with E-state index in [0.717, 1.165) is 57.0 Å². The summed E-state index contributed by atoms with van der Waals surface area (Å²) in [7, 11) is 7.66. The molecule has 3 aromatic rings. The van der Waals surface area contributed by atoms with E-state index < -0.39 is 17.6 Å². The number of aromatic hydroxyl groups is 1. The molecule has 1 aromatic heterocycles. The molecule has 0 bridgehead atoms. The smallest absolute Gasteiger partial charge is 0.204 e. The lowest BCUT2D eigenvalue weighted by molar-refractivity contribution is 0.0498. The summed E-state index contributed by atoms with van der Waals surface area (Å²) in [4.78, 5) is 23.3. The van der Waals surface area contributed by atoms with Gasteiger partial charge >= 0.3 is 0 Å². The molecule has 2 unspecified atom stereocenters. The minimum absolute atomic E-state index is 0.0124. The van der Waals surface area contributed by atoms with Gasteiger partial charge in [0, 0.05) is 75.6 Å². The molecule has 12 heteroatoms. The molecule has 2 atom stereocenters. The van der Waals surface area contributed by atoms with Crippen LogP contribution in [0.5, 0.6) is 23.0 Å². The standard InChI is InChI=1S/C41H62N4O8/c1-10-44(18-15-42(6)7)23-29(46)25-51-33-21-35-38(39(48)31(33)13-11-27(2)3)40(49)37-32(14-12-28(4)5)41(50-9)36(22-34(37)53-35)52-26-30(47)24-45-19-16-43(8)17-20-45/h11-12,21-22,29-30,46-48H,10,13-20,23-26H2,1-9H3. The average molecular weight is 739 g/mol. The van der Waals surface area contributed by atoms with E-state index in [1.807, 2.05) is 53.9 Å². The summed E-state index contributed by atoms with van der Waals surface area (Å²) in [5.74, 6) is 0.821. The van der Waals surface area contributed by atoms with Gasteiger partial charge in [0.1, 0.15) is 53.5 Å². The topological polar surface area (TPSA) is 132 Å². The highest BCUT2D eigenvalue weighted by Gasteiger charge is 2.26. The van der Waals surface area contributed by atoms with Gasteiger partial charge in [0.2, 0.25) is 5.43 Å². The van der Waals surface area contributed by atoms with Crippen LogP contribution in [-0.2, 0) is 12.8 Å². The maximum atomic E-state index is 14.5. The minimum Gasteiger partial charge on any atom is -0.507 e. The quantitative estimate of drug-likeness (QED) is 0.120. The molecule has 3 N–H and O–H groups in total. The van der Waals surface area contributed by atoms with Crippen molar-refractivity contribution in [2.45, 2.75) is 59.7 Å². The monoisotopic (exact) mass is 738 g/mol. The fourth-order valence-electron chi connectivity index (χ4n) is 6.49. The van der Waals surface area contributed by atoms with Crippen LogP contribution >= 0.6 is 0 Å². The van der Waals surface area contributed by atoms with E-state index in [-0.39, 0.29) is 40.9 Å². The van der Waals surface area contributed by atoms with Crippen LogP contribution in [0.25, 0.3) is 21.9 Å². The fourth-order valence-corrected chi connectivity index (χ4v) is 6.49. The van der Waals surface area contributed by atoms with Gasteiger partial charge in [0.15, 0.2) is 11.5 Å². The molecular formula is C41H62N4O8. The minimum atomic E-state index is -0.786. The Hall–Kier alpha value is -3.65. The molecule has 53 heavy (non-hydrogen) atoms. The molecule has 0 aliphatic carbocycles. The molecular weight excluding hydrogens is 676 g/mol. The number of hydrogen-bond acceptors (Lipinski definition) is 12. The number of aliphatic hydroxyl groups is 2. The summed E-state index contributed by atoms with van der Waals surface area (Å²) in [6.07, 6.45) is 3.09. The predicted octanol–water partition coefficient (Wildman–Crippen LogP) is 4.29. The molecule has 294 valence electrons. The number of β-amino-alcohol motifs (C(OH)–C–C–N with tert-alkyl or cyclic N) is 1. The molecule has 1 aliphatic heterocycles. The Morgan fingerprint density at radius 2 is 1.47 bits per heavy atom. The van der Waals surface area contributed by atoms with E-state index in [9.17, 15) is 20.1 Å². The van der Waals surface area contributed by atoms with Gasteiger partial charge < -0.3 is 43.7 Å². The van der Waals surface area contributed by atoms with Gasteiger partial charge in [-0.15, -0.1) is 0 Å². The molecule has 2 heterocycles. The second-order valence-corrected chi connectivity index (χ2v) is 15.0. The number of nitrogens with zero attached hydrogens (tertiary/aromatic N) is 4. The van der Waals surface area contributed by atoms with Crippen molar-refractivity contribution in [1.29, 1.82) is 0 Å². The van der Waals surface area contributed by atoms with Gasteiger partial charge in [0.25, 0.3) is 0 Å². The van der Waals surface area contributed by atoms with Crippen LogP contribution in [-0.4, -0.2) is 147 Å². The second kappa shape index (κ2) is 19.6. The first-order chi connectivity index (χ1) is 25.2. The molecule has 1 saturated heterocycles. The van der Waals surface area contributed by atoms with Crippen molar-refractivity contribution in [1.82, 2.24) is 19.6 Å². The van der Waals surface area contributed by atoms with Gasteiger partial charge in [-0.25, -0.2) is 0 Å². The highest BCUT2D eigenvalue weighted by Crippen LogP contribution is 2.41. The van der Waals surface area contributed by atoms with Crippen molar-refractivity contribution >= 4 is 21.9 Å². The first-order valence-corrected chi connectivity index (χ1v) is 18.7. The number of benzene rings is 2. The van der Waals surface area contributed by atoms with Crippen molar-refractivity contribution in [2.24, 2.45) is 0 Å². The van der Waals surface area contributed by atoms with Crippen molar-refractivity contribution in [3.63, 3.8) is 0 Å². The van der Waals surface area contributed by atoms with Crippen LogP contribution in [0, 0.1) is 0 Å². The summed E-state index contributed by atoms with van der Waals surface area (Å²) >= 11 is 0. The normalized spacial score (nSPS) is 15.3.